The predicted molar refractivity (Wildman–Crippen MR) is 73.7 cm³/mol. The Morgan fingerprint density at radius 3 is 2.84 bits per heavy atom. The molecule has 0 radical (unpaired) electrons. The summed E-state index contributed by atoms with van der Waals surface area (Å²) in [6.45, 7) is 1.72. The SMILES string of the molecule is Fc1ccc(C2CCCN2Cc2nnsc2Cl)cc1. The lowest BCUT2D eigenvalue weighted by molar-refractivity contribution is 0.245. The van der Waals surface area contributed by atoms with Crippen LogP contribution in [0.25, 0.3) is 0 Å². The first-order chi connectivity index (χ1) is 9.24. The second-order valence-corrected chi connectivity index (χ2v) is 6.03. The van der Waals surface area contributed by atoms with E-state index in [0.29, 0.717) is 16.9 Å². The zero-order valence-corrected chi connectivity index (χ0v) is 11.8. The average molecular weight is 298 g/mol. The molecule has 1 unspecified atom stereocenters. The van der Waals surface area contributed by atoms with E-state index >= 15 is 0 Å². The number of halogens is 2. The number of likely N-dealkylation sites (tertiary alicyclic amines) is 1. The van der Waals surface area contributed by atoms with E-state index in [4.69, 9.17) is 11.6 Å². The summed E-state index contributed by atoms with van der Waals surface area (Å²) in [5.74, 6) is -0.194. The number of benzene rings is 1. The van der Waals surface area contributed by atoms with Crippen molar-refractivity contribution in [2.75, 3.05) is 6.54 Å². The molecule has 0 bridgehead atoms. The molecule has 0 aliphatic carbocycles. The highest BCUT2D eigenvalue weighted by Gasteiger charge is 2.27. The van der Waals surface area contributed by atoms with Gasteiger partial charge in [-0.15, -0.1) is 5.10 Å². The van der Waals surface area contributed by atoms with Gasteiger partial charge in [-0.25, -0.2) is 4.39 Å². The molecule has 3 rings (SSSR count). The van der Waals surface area contributed by atoms with Crippen LogP contribution in [0.5, 0.6) is 0 Å². The van der Waals surface area contributed by atoms with Gasteiger partial charge in [0.2, 0.25) is 0 Å². The highest BCUT2D eigenvalue weighted by Crippen LogP contribution is 2.34. The highest BCUT2D eigenvalue weighted by atomic mass is 35.5. The van der Waals surface area contributed by atoms with E-state index in [1.165, 1.54) is 23.7 Å². The highest BCUT2D eigenvalue weighted by molar-refractivity contribution is 7.10. The van der Waals surface area contributed by atoms with Gasteiger partial charge >= 0.3 is 0 Å². The molecule has 1 fully saturated rings. The van der Waals surface area contributed by atoms with Crippen LogP contribution in [0.2, 0.25) is 4.34 Å². The van der Waals surface area contributed by atoms with Gasteiger partial charge in [-0.2, -0.15) is 0 Å². The first-order valence-corrected chi connectivity index (χ1v) is 7.35. The monoisotopic (exact) mass is 297 g/mol. The third-order valence-corrected chi connectivity index (χ3v) is 4.47. The van der Waals surface area contributed by atoms with Crippen LogP contribution in [0.1, 0.15) is 30.1 Å². The summed E-state index contributed by atoms with van der Waals surface area (Å²) in [4.78, 5) is 2.33. The quantitative estimate of drug-likeness (QED) is 0.865. The van der Waals surface area contributed by atoms with Crippen LogP contribution in [0.3, 0.4) is 0 Å². The molecule has 1 atom stereocenters. The standard InChI is InChI=1S/C13H13ClFN3S/c14-13-11(16-17-19-13)8-18-7-1-2-12(18)9-3-5-10(15)6-4-9/h3-6,12H,1-2,7-8H2. The molecule has 19 heavy (non-hydrogen) atoms. The minimum atomic E-state index is -0.194. The molecule has 1 saturated heterocycles. The lowest BCUT2D eigenvalue weighted by Crippen LogP contribution is -2.23. The lowest BCUT2D eigenvalue weighted by atomic mass is 10.0. The zero-order chi connectivity index (χ0) is 13.2. The third-order valence-electron chi connectivity index (χ3n) is 3.48. The number of hydrogen-bond donors (Lipinski definition) is 0. The van der Waals surface area contributed by atoms with Crippen LogP contribution in [0.4, 0.5) is 4.39 Å². The van der Waals surface area contributed by atoms with Crippen molar-refractivity contribution < 1.29 is 4.39 Å². The Morgan fingerprint density at radius 1 is 1.37 bits per heavy atom. The molecular formula is C13H13ClFN3S. The summed E-state index contributed by atoms with van der Waals surface area (Å²) in [5.41, 5.74) is 1.99. The smallest absolute Gasteiger partial charge is 0.138 e. The maximum Gasteiger partial charge on any atom is 0.138 e. The normalized spacial score (nSPS) is 20.0. The summed E-state index contributed by atoms with van der Waals surface area (Å²) in [6.07, 6.45) is 2.22. The molecule has 2 aromatic rings. The van der Waals surface area contributed by atoms with E-state index in [9.17, 15) is 4.39 Å². The fraction of sp³-hybridized carbons (Fsp3) is 0.385. The topological polar surface area (TPSA) is 29.0 Å². The molecule has 1 aliphatic rings. The summed E-state index contributed by atoms with van der Waals surface area (Å²) in [7, 11) is 0. The maximum absolute atomic E-state index is 13.0. The van der Waals surface area contributed by atoms with Gasteiger partial charge < -0.3 is 0 Å². The molecular weight excluding hydrogens is 285 g/mol. The molecule has 6 heteroatoms. The van der Waals surface area contributed by atoms with Crippen molar-refractivity contribution in [1.29, 1.82) is 0 Å². The molecule has 0 spiro atoms. The number of hydrogen-bond acceptors (Lipinski definition) is 4. The van der Waals surface area contributed by atoms with E-state index in [2.05, 4.69) is 14.5 Å². The minimum Gasteiger partial charge on any atom is -0.290 e. The van der Waals surface area contributed by atoms with Crippen molar-refractivity contribution in [3.8, 4) is 0 Å². The van der Waals surface area contributed by atoms with Crippen molar-refractivity contribution in [3.05, 3.63) is 45.7 Å². The fourth-order valence-electron chi connectivity index (χ4n) is 2.56. The van der Waals surface area contributed by atoms with Crippen LogP contribution in [-0.2, 0) is 6.54 Å². The molecule has 0 N–H and O–H groups in total. The second kappa shape index (κ2) is 5.53. The van der Waals surface area contributed by atoms with Crippen LogP contribution in [-0.4, -0.2) is 21.0 Å². The van der Waals surface area contributed by atoms with Gasteiger partial charge in [0, 0.05) is 24.1 Å². The first kappa shape index (κ1) is 13.0. The molecule has 0 amide bonds. The van der Waals surface area contributed by atoms with E-state index in [0.717, 1.165) is 30.6 Å². The molecule has 1 aromatic carbocycles. The fourth-order valence-corrected chi connectivity index (χ4v) is 3.17. The summed E-state index contributed by atoms with van der Waals surface area (Å²) >= 11 is 7.26. The van der Waals surface area contributed by atoms with Crippen molar-refractivity contribution in [2.45, 2.75) is 25.4 Å². The summed E-state index contributed by atoms with van der Waals surface area (Å²) in [5, 5.41) is 4.06. The van der Waals surface area contributed by atoms with E-state index in [1.54, 1.807) is 0 Å². The molecule has 1 aromatic heterocycles. The van der Waals surface area contributed by atoms with Crippen LogP contribution >= 0.6 is 23.1 Å². The number of aromatic nitrogens is 2. The average Bonchev–Trinajstić information content (AvgIpc) is 3.01. The Balaban J connectivity index is 1.78. The number of nitrogens with zero attached hydrogens (tertiary/aromatic N) is 3. The van der Waals surface area contributed by atoms with Crippen molar-refractivity contribution in [2.24, 2.45) is 0 Å². The van der Waals surface area contributed by atoms with Gasteiger partial charge in [0.25, 0.3) is 0 Å². The Kier molecular flexibility index (Phi) is 3.77. The van der Waals surface area contributed by atoms with Crippen LogP contribution in [0, 0.1) is 5.82 Å². The maximum atomic E-state index is 13.0. The van der Waals surface area contributed by atoms with Gasteiger partial charge in [-0.05, 0) is 37.1 Å². The van der Waals surface area contributed by atoms with Gasteiger partial charge in [0.15, 0.2) is 0 Å². The van der Waals surface area contributed by atoms with E-state index in [1.807, 2.05) is 12.1 Å². The van der Waals surface area contributed by atoms with Crippen molar-refractivity contribution in [1.82, 2.24) is 14.5 Å². The minimum absolute atomic E-state index is 0.194. The Bertz CT molecular complexity index is 557. The lowest BCUT2D eigenvalue weighted by Gasteiger charge is -2.23. The van der Waals surface area contributed by atoms with Crippen molar-refractivity contribution in [3.63, 3.8) is 0 Å². The Labute approximate surface area is 120 Å². The second-order valence-electron chi connectivity index (χ2n) is 4.67. The summed E-state index contributed by atoms with van der Waals surface area (Å²) < 4.78 is 17.5. The van der Waals surface area contributed by atoms with Gasteiger partial charge in [0.1, 0.15) is 15.8 Å². The summed E-state index contributed by atoms with van der Waals surface area (Å²) in [6, 6.07) is 7.07. The predicted octanol–water partition coefficient (Wildman–Crippen LogP) is 3.67. The van der Waals surface area contributed by atoms with E-state index in [-0.39, 0.29) is 5.82 Å². The largest absolute Gasteiger partial charge is 0.290 e. The Hall–Kier alpha value is -1.04. The van der Waals surface area contributed by atoms with Gasteiger partial charge in [0.05, 0.1) is 0 Å². The van der Waals surface area contributed by atoms with Crippen molar-refractivity contribution >= 4 is 23.1 Å². The zero-order valence-electron chi connectivity index (χ0n) is 10.2. The van der Waals surface area contributed by atoms with Crippen LogP contribution in [0.15, 0.2) is 24.3 Å². The van der Waals surface area contributed by atoms with Gasteiger partial charge in [-0.1, -0.05) is 28.2 Å². The first-order valence-electron chi connectivity index (χ1n) is 6.20. The van der Waals surface area contributed by atoms with Gasteiger partial charge in [-0.3, -0.25) is 4.90 Å². The molecule has 2 heterocycles. The molecule has 0 saturated carbocycles. The Morgan fingerprint density at radius 2 is 2.16 bits per heavy atom. The van der Waals surface area contributed by atoms with Crippen LogP contribution < -0.4 is 0 Å². The molecule has 100 valence electrons. The molecule has 3 nitrogen and oxygen atoms in total. The third kappa shape index (κ3) is 2.78. The van der Waals surface area contributed by atoms with E-state index < -0.39 is 0 Å². The molecule has 1 aliphatic heterocycles. The number of rotatable bonds is 3.